The largest absolute Gasteiger partial charge is 0.497 e. The van der Waals surface area contributed by atoms with E-state index in [0.717, 1.165) is 0 Å². The summed E-state index contributed by atoms with van der Waals surface area (Å²) in [6, 6.07) is 14.2. The van der Waals surface area contributed by atoms with Crippen LogP contribution in [0.1, 0.15) is 18.1 Å². The van der Waals surface area contributed by atoms with Crippen LogP contribution in [0.2, 0.25) is 0 Å². The van der Waals surface area contributed by atoms with Crippen molar-refractivity contribution in [3.8, 4) is 5.75 Å². The molecule has 6 heteroatoms. The van der Waals surface area contributed by atoms with Crippen molar-refractivity contribution in [3.63, 3.8) is 0 Å². The summed E-state index contributed by atoms with van der Waals surface area (Å²) < 4.78 is 5.14. The van der Waals surface area contributed by atoms with Crippen LogP contribution in [0.3, 0.4) is 0 Å². The van der Waals surface area contributed by atoms with Crippen LogP contribution in [-0.4, -0.2) is 31.0 Å². The van der Waals surface area contributed by atoms with Crippen molar-refractivity contribution in [3.05, 3.63) is 59.7 Å². The van der Waals surface area contributed by atoms with Crippen LogP contribution in [0.4, 0.5) is 5.69 Å². The molecule has 0 fully saturated rings. The van der Waals surface area contributed by atoms with Crippen LogP contribution in [0.25, 0.3) is 0 Å². The van der Waals surface area contributed by atoms with E-state index in [1.165, 1.54) is 11.1 Å². The number of methoxy groups -OCH3 is 1. The first-order chi connectivity index (χ1) is 12.6. The molecular weight excluding hydrogens is 330 g/mol. The van der Waals surface area contributed by atoms with E-state index in [9.17, 15) is 9.59 Å². The fraction of sp³-hybridized carbons (Fsp3) is 0.300. The van der Waals surface area contributed by atoms with Gasteiger partial charge in [0.25, 0.3) is 0 Å². The lowest BCUT2D eigenvalue weighted by molar-refractivity contribution is -0.127. The molecule has 2 aromatic rings. The van der Waals surface area contributed by atoms with Crippen LogP contribution < -0.4 is 20.7 Å². The van der Waals surface area contributed by atoms with Gasteiger partial charge in [0, 0.05) is 18.3 Å². The predicted octanol–water partition coefficient (Wildman–Crippen LogP) is 1.85. The second-order valence-corrected chi connectivity index (χ2v) is 6.36. The molecule has 2 atom stereocenters. The lowest BCUT2D eigenvalue weighted by Crippen LogP contribution is -2.52. The van der Waals surface area contributed by atoms with E-state index in [2.05, 4.69) is 22.0 Å². The Bertz CT molecular complexity index is 806. The molecule has 1 aliphatic heterocycles. The first-order valence-corrected chi connectivity index (χ1v) is 8.62. The summed E-state index contributed by atoms with van der Waals surface area (Å²) in [6.07, 6.45) is 0.617. The highest BCUT2D eigenvalue weighted by Crippen LogP contribution is 2.18. The molecule has 3 rings (SSSR count). The Kier molecular flexibility index (Phi) is 5.53. The first-order valence-electron chi connectivity index (χ1n) is 8.62. The second kappa shape index (κ2) is 8.01. The lowest BCUT2D eigenvalue weighted by atomic mass is 9.95. The molecule has 1 aliphatic rings. The van der Waals surface area contributed by atoms with Gasteiger partial charge in [-0.15, -0.1) is 0 Å². The van der Waals surface area contributed by atoms with Crippen LogP contribution in [0.5, 0.6) is 5.75 Å². The van der Waals surface area contributed by atoms with Crippen molar-refractivity contribution in [2.24, 2.45) is 0 Å². The van der Waals surface area contributed by atoms with Gasteiger partial charge in [-0.3, -0.25) is 9.59 Å². The summed E-state index contributed by atoms with van der Waals surface area (Å²) in [5.74, 6) is 0.208. The minimum atomic E-state index is -0.646. The Morgan fingerprint density at radius 2 is 1.92 bits per heavy atom. The Morgan fingerprint density at radius 1 is 1.15 bits per heavy atom. The van der Waals surface area contributed by atoms with Gasteiger partial charge in [-0.05, 0) is 36.6 Å². The van der Waals surface area contributed by atoms with Crippen molar-refractivity contribution in [1.82, 2.24) is 10.6 Å². The number of hydrogen-bond acceptors (Lipinski definition) is 4. The monoisotopic (exact) mass is 353 g/mol. The third kappa shape index (κ3) is 4.21. The molecule has 6 nitrogen and oxygen atoms in total. The molecule has 136 valence electrons. The minimum Gasteiger partial charge on any atom is -0.497 e. The molecule has 26 heavy (non-hydrogen) atoms. The molecular formula is C20H23N3O3. The van der Waals surface area contributed by atoms with E-state index in [0.29, 0.717) is 24.4 Å². The molecule has 1 heterocycles. The van der Waals surface area contributed by atoms with Gasteiger partial charge >= 0.3 is 0 Å². The number of fused-ring (bicyclic) bond motifs is 1. The molecule has 0 aromatic heterocycles. The Hall–Kier alpha value is -2.86. The number of carbonyl (C=O) groups excluding carboxylic acids is 2. The highest BCUT2D eigenvalue weighted by molar-refractivity contribution is 5.97. The van der Waals surface area contributed by atoms with Gasteiger partial charge in [-0.1, -0.05) is 30.3 Å². The van der Waals surface area contributed by atoms with E-state index in [-0.39, 0.29) is 17.9 Å². The first kappa shape index (κ1) is 17.9. The maximum absolute atomic E-state index is 12.5. The average molecular weight is 353 g/mol. The molecule has 0 spiro atoms. The van der Waals surface area contributed by atoms with E-state index < -0.39 is 6.04 Å². The SMILES string of the molecule is COc1cccc(NC(=O)[C@@H](C)NC(=O)[C@H]2Cc3ccccc3CN2)c1. The van der Waals surface area contributed by atoms with E-state index in [4.69, 9.17) is 4.74 Å². The van der Waals surface area contributed by atoms with Gasteiger partial charge in [-0.25, -0.2) is 0 Å². The highest BCUT2D eigenvalue weighted by atomic mass is 16.5. The molecule has 0 unspecified atom stereocenters. The summed E-state index contributed by atoms with van der Waals surface area (Å²) in [4.78, 5) is 24.8. The summed E-state index contributed by atoms with van der Waals surface area (Å²) in [5.41, 5.74) is 3.00. The number of ether oxygens (including phenoxy) is 1. The fourth-order valence-electron chi connectivity index (χ4n) is 2.97. The molecule has 0 saturated heterocycles. The van der Waals surface area contributed by atoms with Crippen LogP contribution >= 0.6 is 0 Å². The number of amides is 2. The van der Waals surface area contributed by atoms with Gasteiger partial charge in [0.2, 0.25) is 11.8 Å². The van der Waals surface area contributed by atoms with Crippen molar-refractivity contribution < 1.29 is 14.3 Å². The smallest absolute Gasteiger partial charge is 0.246 e. The zero-order valence-electron chi connectivity index (χ0n) is 14.9. The van der Waals surface area contributed by atoms with Crippen molar-refractivity contribution in [1.29, 1.82) is 0 Å². The number of hydrogen-bond donors (Lipinski definition) is 3. The maximum Gasteiger partial charge on any atom is 0.246 e. The molecule has 0 saturated carbocycles. The van der Waals surface area contributed by atoms with Gasteiger partial charge in [0.05, 0.1) is 13.2 Å². The minimum absolute atomic E-state index is 0.173. The lowest BCUT2D eigenvalue weighted by Gasteiger charge is -2.26. The molecule has 2 aromatic carbocycles. The summed E-state index contributed by atoms with van der Waals surface area (Å²) >= 11 is 0. The second-order valence-electron chi connectivity index (χ2n) is 6.36. The summed E-state index contributed by atoms with van der Waals surface area (Å²) in [7, 11) is 1.57. The summed E-state index contributed by atoms with van der Waals surface area (Å²) in [6.45, 7) is 2.32. The molecule has 0 radical (unpaired) electrons. The number of rotatable bonds is 5. The standard InChI is InChI=1S/C20H23N3O3/c1-13(19(24)23-16-8-5-9-17(11-16)26-2)22-20(25)18-10-14-6-3-4-7-15(14)12-21-18/h3-9,11,13,18,21H,10,12H2,1-2H3,(H,22,25)(H,23,24)/t13-,18-/m1/s1. The number of benzene rings is 2. The maximum atomic E-state index is 12.5. The van der Waals surface area contributed by atoms with Gasteiger partial charge in [0.1, 0.15) is 11.8 Å². The van der Waals surface area contributed by atoms with Crippen LogP contribution in [0, 0.1) is 0 Å². The zero-order chi connectivity index (χ0) is 18.5. The topological polar surface area (TPSA) is 79.5 Å². The Labute approximate surface area is 152 Å². The number of nitrogens with one attached hydrogen (secondary N) is 3. The number of carbonyl (C=O) groups is 2. The molecule has 2 amide bonds. The van der Waals surface area contributed by atoms with Crippen molar-refractivity contribution in [2.75, 3.05) is 12.4 Å². The highest BCUT2D eigenvalue weighted by Gasteiger charge is 2.26. The third-order valence-corrected chi connectivity index (χ3v) is 4.49. The molecule has 3 N–H and O–H groups in total. The number of anilines is 1. The van der Waals surface area contributed by atoms with E-state index >= 15 is 0 Å². The van der Waals surface area contributed by atoms with Gasteiger partial charge < -0.3 is 20.7 Å². The van der Waals surface area contributed by atoms with Gasteiger partial charge in [0.15, 0.2) is 0 Å². The Morgan fingerprint density at radius 3 is 2.69 bits per heavy atom. The van der Waals surface area contributed by atoms with E-state index in [1.54, 1.807) is 38.3 Å². The molecule has 0 bridgehead atoms. The summed E-state index contributed by atoms with van der Waals surface area (Å²) in [5, 5.41) is 8.79. The van der Waals surface area contributed by atoms with Crippen LogP contribution in [0.15, 0.2) is 48.5 Å². The third-order valence-electron chi connectivity index (χ3n) is 4.49. The van der Waals surface area contributed by atoms with Crippen LogP contribution in [-0.2, 0) is 22.6 Å². The molecule has 0 aliphatic carbocycles. The fourth-order valence-corrected chi connectivity index (χ4v) is 2.97. The Balaban J connectivity index is 1.56. The van der Waals surface area contributed by atoms with E-state index in [1.807, 2.05) is 18.2 Å². The zero-order valence-corrected chi connectivity index (χ0v) is 14.9. The predicted molar refractivity (Wildman–Crippen MR) is 100 cm³/mol. The normalized spacial score (nSPS) is 16.9. The van der Waals surface area contributed by atoms with Crippen molar-refractivity contribution >= 4 is 17.5 Å². The van der Waals surface area contributed by atoms with Crippen molar-refractivity contribution in [2.45, 2.75) is 32.0 Å². The quantitative estimate of drug-likeness (QED) is 0.766. The average Bonchev–Trinajstić information content (AvgIpc) is 2.67. The van der Waals surface area contributed by atoms with Gasteiger partial charge in [-0.2, -0.15) is 0 Å².